The monoisotopic (exact) mass is 292 g/mol. The van der Waals surface area contributed by atoms with E-state index in [1.165, 1.54) is 18.4 Å². The van der Waals surface area contributed by atoms with Crippen LogP contribution in [0.2, 0.25) is 0 Å². The number of amides is 1. The molecule has 3 atom stereocenters. The van der Waals surface area contributed by atoms with Gasteiger partial charge in [0.15, 0.2) is 0 Å². The molecule has 4 heteroatoms. The molecular formula is C17H28N2O2. The summed E-state index contributed by atoms with van der Waals surface area (Å²) in [7, 11) is 2.23. The van der Waals surface area contributed by atoms with Crippen LogP contribution < -0.4 is 0 Å². The SMILES string of the molecule is CCO[C@@H]1CCCN(C(=O)C=C2C[C@H]3CC[C@@H](C2)N3C)C1. The maximum absolute atomic E-state index is 12.5. The van der Waals surface area contributed by atoms with Gasteiger partial charge in [0.2, 0.25) is 5.91 Å². The highest BCUT2D eigenvalue weighted by Gasteiger charge is 2.36. The Balaban J connectivity index is 1.59. The molecule has 0 radical (unpaired) electrons. The standard InChI is InChI=1S/C17H28N2O2/c1-3-21-16-5-4-8-19(12-16)17(20)11-13-9-14-6-7-15(10-13)18(14)2/h11,14-16H,3-10,12H2,1-2H3/t14-,15+,16-/m1/s1. The van der Waals surface area contributed by atoms with Crippen LogP contribution in [0.1, 0.15) is 45.4 Å². The number of nitrogens with zero attached hydrogens (tertiary/aromatic N) is 2. The Hall–Kier alpha value is -0.870. The molecular weight excluding hydrogens is 264 g/mol. The average molecular weight is 292 g/mol. The number of piperidine rings is 2. The Labute approximate surface area is 128 Å². The molecule has 0 aromatic carbocycles. The van der Waals surface area contributed by atoms with Gasteiger partial charge in [0.05, 0.1) is 6.10 Å². The van der Waals surface area contributed by atoms with Crippen LogP contribution in [0.25, 0.3) is 0 Å². The molecule has 3 aliphatic heterocycles. The van der Waals surface area contributed by atoms with Gasteiger partial charge < -0.3 is 9.64 Å². The Morgan fingerprint density at radius 1 is 1.29 bits per heavy atom. The van der Waals surface area contributed by atoms with Crippen molar-refractivity contribution in [3.8, 4) is 0 Å². The van der Waals surface area contributed by atoms with Gasteiger partial charge in [0.25, 0.3) is 0 Å². The van der Waals surface area contributed by atoms with Gasteiger partial charge in [-0.3, -0.25) is 9.69 Å². The molecule has 0 aliphatic carbocycles. The van der Waals surface area contributed by atoms with Crippen molar-refractivity contribution in [2.24, 2.45) is 0 Å². The lowest BCUT2D eigenvalue weighted by atomic mass is 9.96. The first kappa shape index (κ1) is 15.0. The summed E-state index contributed by atoms with van der Waals surface area (Å²) < 4.78 is 5.69. The predicted molar refractivity (Wildman–Crippen MR) is 83.1 cm³/mol. The van der Waals surface area contributed by atoms with Crippen molar-refractivity contribution in [2.45, 2.75) is 63.6 Å². The first-order valence-electron chi connectivity index (χ1n) is 8.49. The average Bonchev–Trinajstić information content (AvgIpc) is 2.70. The largest absolute Gasteiger partial charge is 0.377 e. The number of hydrogen-bond donors (Lipinski definition) is 0. The number of carbonyl (C=O) groups excluding carboxylic acids is 1. The molecule has 0 aromatic heterocycles. The fourth-order valence-electron chi connectivity index (χ4n) is 4.16. The van der Waals surface area contributed by atoms with E-state index in [2.05, 4.69) is 11.9 Å². The zero-order valence-corrected chi connectivity index (χ0v) is 13.4. The number of ether oxygens (including phenoxy) is 1. The minimum Gasteiger partial charge on any atom is -0.377 e. The first-order valence-corrected chi connectivity index (χ1v) is 8.49. The van der Waals surface area contributed by atoms with Crippen molar-refractivity contribution in [3.63, 3.8) is 0 Å². The van der Waals surface area contributed by atoms with Crippen LogP contribution in [0, 0.1) is 0 Å². The zero-order chi connectivity index (χ0) is 14.8. The van der Waals surface area contributed by atoms with E-state index in [0.29, 0.717) is 12.1 Å². The summed E-state index contributed by atoms with van der Waals surface area (Å²) in [5, 5.41) is 0. The third-order valence-electron chi connectivity index (χ3n) is 5.40. The summed E-state index contributed by atoms with van der Waals surface area (Å²) >= 11 is 0. The Morgan fingerprint density at radius 2 is 2.00 bits per heavy atom. The van der Waals surface area contributed by atoms with Crippen LogP contribution in [0.15, 0.2) is 11.6 Å². The fraction of sp³-hybridized carbons (Fsp3) is 0.824. The molecule has 3 heterocycles. The molecule has 0 unspecified atom stereocenters. The molecule has 4 nitrogen and oxygen atoms in total. The molecule has 2 bridgehead atoms. The van der Waals surface area contributed by atoms with Crippen LogP contribution in [0.4, 0.5) is 0 Å². The molecule has 3 fully saturated rings. The van der Waals surface area contributed by atoms with Crippen molar-refractivity contribution >= 4 is 5.91 Å². The van der Waals surface area contributed by atoms with Crippen LogP contribution in [-0.4, -0.2) is 60.6 Å². The van der Waals surface area contributed by atoms with Crippen molar-refractivity contribution < 1.29 is 9.53 Å². The van der Waals surface area contributed by atoms with Crippen molar-refractivity contribution in [1.29, 1.82) is 0 Å². The number of hydrogen-bond acceptors (Lipinski definition) is 3. The predicted octanol–water partition coefficient (Wildman–Crippen LogP) is 2.20. The van der Waals surface area contributed by atoms with Crippen LogP contribution in [-0.2, 0) is 9.53 Å². The number of carbonyl (C=O) groups is 1. The molecule has 21 heavy (non-hydrogen) atoms. The second-order valence-electron chi connectivity index (χ2n) is 6.77. The highest BCUT2D eigenvalue weighted by atomic mass is 16.5. The van der Waals surface area contributed by atoms with E-state index in [-0.39, 0.29) is 12.0 Å². The summed E-state index contributed by atoms with van der Waals surface area (Å²) in [6.45, 7) is 4.42. The van der Waals surface area contributed by atoms with Gasteiger partial charge in [-0.15, -0.1) is 0 Å². The number of fused-ring (bicyclic) bond motifs is 2. The lowest BCUT2D eigenvalue weighted by Gasteiger charge is -2.34. The van der Waals surface area contributed by atoms with Gasteiger partial charge in [0, 0.05) is 37.9 Å². The molecule has 1 amide bonds. The molecule has 118 valence electrons. The quantitative estimate of drug-likeness (QED) is 0.748. The van der Waals surface area contributed by atoms with Gasteiger partial charge >= 0.3 is 0 Å². The Bertz CT molecular complexity index is 403. The minimum atomic E-state index is 0.207. The summed E-state index contributed by atoms with van der Waals surface area (Å²) in [6.07, 6.45) is 9.08. The van der Waals surface area contributed by atoms with Crippen molar-refractivity contribution in [1.82, 2.24) is 9.80 Å². The van der Waals surface area contributed by atoms with E-state index >= 15 is 0 Å². The van der Waals surface area contributed by atoms with Gasteiger partial charge in [-0.25, -0.2) is 0 Å². The van der Waals surface area contributed by atoms with E-state index < -0.39 is 0 Å². The van der Waals surface area contributed by atoms with Gasteiger partial charge in [0.1, 0.15) is 0 Å². The number of rotatable bonds is 3. The molecule has 0 aromatic rings. The van der Waals surface area contributed by atoms with Crippen molar-refractivity contribution in [2.75, 3.05) is 26.7 Å². The second kappa shape index (κ2) is 6.49. The van der Waals surface area contributed by atoms with E-state index in [9.17, 15) is 4.79 Å². The van der Waals surface area contributed by atoms with Gasteiger partial charge in [-0.05, 0) is 52.5 Å². The lowest BCUT2D eigenvalue weighted by molar-refractivity contribution is -0.130. The maximum Gasteiger partial charge on any atom is 0.246 e. The Kier molecular flexibility index (Phi) is 4.65. The summed E-state index contributed by atoms with van der Waals surface area (Å²) in [5.41, 5.74) is 1.36. The minimum absolute atomic E-state index is 0.207. The van der Waals surface area contributed by atoms with Gasteiger partial charge in [-0.1, -0.05) is 5.57 Å². The molecule has 3 aliphatic rings. The van der Waals surface area contributed by atoms with Gasteiger partial charge in [-0.2, -0.15) is 0 Å². The van der Waals surface area contributed by atoms with E-state index in [4.69, 9.17) is 4.74 Å². The third-order valence-corrected chi connectivity index (χ3v) is 5.40. The molecule has 3 saturated heterocycles. The summed E-state index contributed by atoms with van der Waals surface area (Å²) in [5.74, 6) is 0.207. The molecule has 0 N–H and O–H groups in total. The van der Waals surface area contributed by atoms with Crippen LogP contribution >= 0.6 is 0 Å². The normalized spacial score (nSPS) is 35.4. The summed E-state index contributed by atoms with van der Waals surface area (Å²) in [6, 6.07) is 1.33. The maximum atomic E-state index is 12.5. The number of likely N-dealkylation sites (tertiary alicyclic amines) is 1. The van der Waals surface area contributed by atoms with Crippen LogP contribution in [0.5, 0.6) is 0 Å². The highest BCUT2D eigenvalue weighted by molar-refractivity contribution is 5.88. The first-order chi connectivity index (χ1) is 10.2. The smallest absolute Gasteiger partial charge is 0.246 e. The molecule has 3 rings (SSSR count). The summed E-state index contributed by atoms with van der Waals surface area (Å²) in [4.78, 5) is 17.0. The van der Waals surface area contributed by atoms with Crippen molar-refractivity contribution in [3.05, 3.63) is 11.6 Å². The topological polar surface area (TPSA) is 32.8 Å². The lowest BCUT2D eigenvalue weighted by Crippen LogP contribution is -2.43. The fourth-order valence-corrected chi connectivity index (χ4v) is 4.16. The molecule has 0 spiro atoms. The van der Waals surface area contributed by atoms with Crippen LogP contribution in [0.3, 0.4) is 0 Å². The van der Waals surface area contributed by atoms with E-state index in [1.54, 1.807) is 0 Å². The zero-order valence-electron chi connectivity index (χ0n) is 13.4. The van der Waals surface area contributed by atoms with E-state index in [0.717, 1.165) is 45.4 Å². The third kappa shape index (κ3) is 3.32. The van der Waals surface area contributed by atoms with E-state index in [1.807, 2.05) is 17.9 Å². The molecule has 0 saturated carbocycles. The highest BCUT2D eigenvalue weighted by Crippen LogP contribution is 2.37. The second-order valence-corrected chi connectivity index (χ2v) is 6.77. The Morgan fingerprint density at radius 3 is 2.67 bits per heavy atom.